The number of nitrogens with two attached hydrogens (primary N) is 1. The SMILES string of the molecule is Nc1cncc(Nc2ccc(Br)cc2Cl)c1. The maximum absolute atomic E-state index is 6.08. The zero-order chi connectivity index (χ0) is 11.5. The molecule has 0 aliphatic carbocycles. The third kappa shape index (κ3) is 2.65. The number of hydrogen-bond acceptors (Lipinski definition) is 3. The fraction of sp³-hybridized carbons (Fsp3) is 0. The first-order valence-corrected chi connectivity index (χ1v) is 5.75. The van der Waals surface area contributed by atoms with E-state index in [0.29, 0.717) is 10.7 Å². The minimum atomic E-state index is 0.609. The van der Waals surface area contributed by atoms with Crippen molar-refractivity contribution in [2.45, 2.75) is 0 Å². The molecule has 3 nitrogen and oxygen atoms in total. The van der Waals surface area contributed by atoms with E-state index in [-0.39, 0.29) is 0 Å². The van der Waals surface area contributed by atoms with Crippen LogP contribution in [0, 0.1) is 0 Å². The van der Waals surface area contributed by atoms with Crippen molar-refractivity contribution < 1.29 is 0 Å². The van der Waals surface area contributed by atoms with Crippen LogP contribution in [-0.2, 0) is 0 Å². The molecule has 5 heteroatoms. The van der Waals surface area contributed by atoms with Crippen molar-refractivity contribution >= 4 is 44.6 Å². The molecule has 0 saturated carbocycles. The molecule has 0 bridgehead atoms. The molecule has 0 aliphatic rings. The number of hydrogen-bond donors (Lipinski definition) is 2. The number of anilines is 3. The second kappa shape index (κ2) is 4.72. The summed E-state index contributed by atoms with van der Waals surface area (Å²) in [5, 5.41) is 3.78. The number of halogens is 2. The van der Waals surface area contributed by atoms with Crippen molar-refractivity contribution in [1.29, 1.82) is 0 Å². The molecular formula is C11H9BrClN3. The van der Waals surface area contributed by atoms with Crippen LogP contribution in [-0.4, -0.2) is 4.98 Å². The van der Waals surface area contributed by atoms with Gasteiger partial charge in [-0.1, -0.05) is 27.5 Å². The van der Waals surface area contributed by atoms with Crippen LogP contribution in [0.5, 0.6) is 0 Å². The predicted octanol–water partition coefficient (Wildman–Crippen LogP) is 3.82. The lowest BCUT2D eigenvalue weighted by molar-refractivity contribution is 1.32. The molecule has 16 heavy (non-hydrogen) atoms. The molecule has 0 spiro atoms. The number of nitrogens with one attached hydrogen (secondary N) is 1. The van der Waals surface area contributed by atoms with Crippen molar-refractivity contribution in [3.8, 4) is 0 Å². The Morgan fingerprint density at radius 1 is 1.25 bits per heavy atom. The number of nitrogen functional groups attached to an aromatic ring is 1. The maximum Gasteiger partial charge on any atom is 0.0652 e. The second-order valence-corrected chi connectivity index (χ2v) is 4.58. The summed E-state index contributed by atoms with van der Waals surface area (Å²) in [6.07, 6.45) is 3.28. The van der Waals surface area contributed by atoms with Crippen molar-refractivity contribution in [2.24, 2.45) is 0 Å². The molecule has 3 N–H and O–H groups in total. The highest BCUT2D eigenvalue weighted by molar-refractivity contribution is 9.10. The van der Waals surface area contributed by atoms with Gasteiger partial charge in [-0.2, -0.15) is 0 Å². The first-order chi connectivity index (χ1) is 7.65. The molecule has 0 unspecified atom stereocenters. The van der Waals surface area contributed by atoms with Gasteiger partial charge in [0, 0.05) is 10.7 Å². The van der Waals surface area contributed by atoms with Gasteiger partial charge in [-0.3, -0.25) is 4.98 Å². The van der Waals surface area contributed by atoms with Crippen LogP contribution in [0.3, 0.4) is 0 Å². The average molecular weight is 299 g/mol. The number of benzene rings is 1. The molecule has 0 saturated heterocycles. The van der Waals surface area contributed by atoms with E-state index in [1.807, 2.05) is 18.2 Å². The summed E-state index contributed by atoms with van der Waals surface area (Å²) < 4.78 is 0.939. The van der Waals surface area contributed by atoms with Gasteiger partial charge >= 0.3 is 0 Å². The summed E-state index contributed by atoms with van der Waals surface area (Å²) in [6.45, 7) is 0. The Morgan fingerprint density at radius 3 is 2.75 bits per heavy atom. The second-order valence-electron chi connectivity index (χ2n) is 3.26. The molecule has 2 aromatic rings. The largest absolute Gasteiger partial charge is 0.397 e. The van der Waals surface area contributed by atoms with Gasteiger partial charge < -0.3 is 11.1 Å². The topological polar surface area (TPSA) is 50.9 Å². The van der Waals surface area contributed by atoms with Crippen LogP contribution in [0.2, 0.25) is 5.02 Å². The Labute approximate surface area is 107 Å². The molecular weight excluding hydrogens is 289 g/mol. The van der Waals surface area contributed by atoms with Crippen molar-refractivity contribution in [2.75, 3.05) is 11.1 Å². The fourth-order valence-electron chi connectivity index (χ4n) is 1.27. The van der Waals surface area contributed by atoms with Gasteiger partial charge in [0.15, 0.2) is 0 Å². The normalized spacial score (nSPS) is 10.1. The van der Waals surface area contributed by atoms with E-state index in [4.69, 9.17) is 17.3 Å². The monoisotopic (exact) mass is 297 g/mol. The van der Waals surface area contributed by atoms with Gasteiger partial charge in [0.05, 0.1) is 28.3 Å². The Hall–Kier alpha value is -1.26. The summed E-state index contributed by atoms with van der Waals surface area (Å²) in [5.41, 5.74) is 7.87. The van der Waals surface area contributed by atoms with Crippen molar-refractivity contribution in [3.63, 3.8) is 0 Å². The van der Waals surface area contributed by atoms with Crippen LogP contribution >= 0.6 is 27.5 Å². The van der Waals surface area contributed by atoms with E-state index in [1.165, 1.54) is 0 Å². The third-order valence-electron chi connectivity index (χ3n) is 1.97. The van der Waals surface area contributed by atoms with E-state index < -0.39 is 0 Å². The molecule has 82 valence electrons. The number of rotatable bonds is 2. The van der Waals surface area contributed by atoms with Gasteiger partial charge in [0.2, 0.25) is 0 Å². The summed E-state index contributed by atoms with van der Waals surface area (Å²) in [4.78, 5) is 3.99. The highest BCUT2D eigenvalue weighted by atomic mass is 79.9. The van der Waals surface area contributed by atoms with Crippen LogP contribution in [0.4, 0.5) is 17.1 Å². The van der Waals surface area contributed by atoms with E-state index in [9.17, 15) is 0 Å². The van der Waals surface area contributed by atoms with Gasteiger partial charge in [-0.05, 0) is 24.3 Å². The van der Waals surface area contributed by atoms with E-state index in [0.717, 1.165) is 15.8 Å². The van der Waals surface area contributed by atoms with Crippen LogP contribution in [0.1, 0.15) is 0 Å². The fourth-order valence-corrected chi connectivity index (χ4v) is 1.99. The molecule has 1 heterocycles. The summed E-state index contributed by atoms with van der Waals surface area (Å²) in [5.74, 6) is 0. The van der Waals surface area contributed by atoms with Gasteiger partial charge in [-0.15, -0.1) is 0 Å². The molecule has 0 atom stereocenters. The molecule has 0 radical (unpaired) electrons. The zero-order valence-corrected chi connectivity index (χ0v) is 10.6. The lowest BCUT2D eigenvalue weighted by Gasteiger charge is -2.08. The standard InChI is InChI=1S/C11H9BrClN3/c12-7-1-2-11(10(13)3-7)16-9-4-8(14)5-15-6-9/h1-6,16H,14H2. The summed E-state index contributed by atoms with van der Waals surface area (Å²) >= 11 is 9.42. The van der Waals surface area contributed by atoms with Crippen LogP contribution < -0.4 is 11.1 Å². The maximum atomic E-state index is 6.08. The Kier molecular flexibility index (Phi) is 3.31. The zero-order valence-electron chi connectivity index (χ0n) is 8.24. The molecule has 1 aromatic carbocycles. The Morgan fingerprint density at radius 2 is 2.06 bits per heavy atom. The summed E-state index contributed by atoms with van der Waals surface area (Å²) in [7, 11) is 0. The number of aromatic nitrogens is 1. The van der Waals surface area contributed by atoms with Gasteiger partial charge in [0.25, 0.3) is 0 Å². The first-order valence-electron chi connectivity index (χ1n) is 4.58. The molecule has 0 amide bonds. The van der Waals surface area contributed by atoms with Gasteiger partial charge in [-0.25, -0.2) is 0 Å². The minimum absolute atomic E-state index is 0.609. The van der Waals surface area contributed by atoms with Crippen LogP contribution in [0.15, 0.2) is 41.1 Å². The molecule has 1 aromatic heterocycles. The van der Waals surface area contributed by atoms with E-state index in [1.54, 1.807) is 18.5 Å². The summed E-state index contributed by atoms with van der Waals surface area (Å²) in [6, 6.07) is 7.42. The average Bonchev–Trinajstić information content (AvgIpc) is 2.22. The minimum Gasteiger partial charge on any atom is -0.397 e. The lowest BCUT2D eigenvalue weighted by atomic mass is 10.3. The van der Waals surface area contributed by atoms with Crippen molar-refractivity contribution in [1.82, 2.24) is 4.98 Å². The molecule has 2 rings (SSSR count). The quantitative estimate of drug-likeness (QED) is 0.886. The predicted molar refractivity (Wildman–Crippen MR) is 71.1 cm³/mol. The number of nitrogens with zero attached hydrogens (tertiary/aromatic N) is 1. The highest BCUT2D eigenvalue weighted by Gasteiger charge is 2.01. The lowest BCUT2D eigenvalue weighted by Crippen LogP contribution is -1.94. The van der Waals surface area contributed by atoms with Crippen LogP contribution in [0.25, 0.3) is 0 Å². The molecule has 0 fully saturated rings. The van der Waals surface area contributed by atoms with Gasteiger partial charge in [0.1, 0.15) is 0 Å². The Bertz CT molecular complexity index is 516. The van der Waals surface area contributed by atoms with E-state index in [2.05, 4.69) is 26.2 Å². The Balaban J connectivity index is 2.27. The highest BCUT2D eigenvalue weighted by Crippen LogP contribution is 2.28. The third-order valence-corrected chi connectivity index (χ3v) is 2.78. The smallest absolute Gasteiger partial charge is 0.0652 e. The first kappa shape index (κ1) is 11.2. The van der Waals surface area contributed by atoms with Crippen molar-refractivity contribution in [3.05, 3.63) is 46.2 Å². The number of pyridine rings is 1. The molecule has 0 aliphatic heterocycles. The van der Waals surface area contributed by atoms with E-state index >= 15 is 0 Å².